The zero-order chi connectivity index (χ0) is 14.9. The van der Waals surface area contributed by atoms with Crippen LogP contribution in [0.25, 0.3) is 11.0 Å². The number of anilines is 1. The van der Waals surface area contributed by atoms with E-state index >= 15 is 0 Å². The Hall–Kier alpha value is -2.44. The number of nitrogens with zero attached hydrogens (tertiary/aromatic N) is 6. The SMILES string of the molecule is Cn1cnnc1CC1CCN(c2ncnc3[nH]ccc23)CC1. The van der Waals surface area contributed by atoms with E-state index in [9.17, 15) is 0 Å². The average Bonchev–Trinajstić information content (AvgIpc) is 3.17. The van der Waals surface area contributed by atoms with Crippen LogP contribution in [0.4, 0.5) is 5.82 Å². The van der Waals surface area contributed by atoms with Gasteiger partial charge in [-0.25, -0.2) is 9.97 Å². The average molecular weight is 297 g/mol. The molecule has 0 spiro atoms. The number of aryl methyl sites for hydroxylation is 1. The summed E-state index contributed by atoms with van der Waals surface area (Å²) >= 11 is 0. The zero-order valence-electron chi connectivity index (χ0n) is 12.6. The fourth-order valence-electron chi connectivity index (χ4n) is 3.21. The molecule has 7 heteroatoms. The van der Waals surface area contributed by atoms with Gasteiger partial charge in [0.15, 0.2) is 0 Å². The maximum atomic E-state index is 4.49. The van der Waals surface area contributed by atoms with Gasteiger partial charge in [-0.15, -0.1) is 10.2 Å². The number of hydrogen-bond acceptors (Lipinski definition) is 5. The predicted molar refractivity (Wildman–Crippen MR) is 83.5 cm³/mol. The van der Waals surface area contributed by atoms with Gasteiger partial charge in [0.1, 0.15) is 29.9 Å². The first kappa shape index (κ1) is 13.2. The number of piperidine rings is 1. The van der Waals surface area contributed by atoms with Crippen LogP contribution in [0, 0.1) is 5.92 Å². The van der Waals surface area contributed by atoms with E-state index in [1.807, 2.05) is 17.8 Å². The molecule has 3 aromatic rings. The Morgan fingerprint density at radius 2 is 2.14 bits per heavy atom. The second kappa shape index (κ2) is 5.40. The first-order valence-electron chi connectivity index (χ1n) is 7.67. The predicted octanol–water partition coefficient (Wildman–Crippen LogP) is 1.55. The molecule has 22 heavy (non-hydrogen) atoms. The summed E-state index contributed by atoms with van der Waals surface area (Å²) in [5.41, 5.74) is 0.909. The molecular formula is C15H19N7. The summed E-state index contributed by atoms with van der Waals surface area (Å²) in [6.07, 6.45) is 8.65. The minimum atomic E-state index is 0.669. The molecule has 1 fully saturated rings. The highest BCUT2D eigenvalue weighted by atomic mass is 15.2. The van der Waals surface area contributed by atoms with Crippen LogP contribution in [0.5, 0.6) is 0 Å². The largest absolute Gasteiger partial charge is 0.356 e. The van der Waals surface area contributed by atoms with Gasteiger partial charge in [0.2, 0.25) is 0 Å². The van der Waals surface area contributed by atoms with Crippen molar-refractivity contribution in [2.24, 2.45) is 13.0 Å². The molecule has 0 aliphatic carbocycles. The number of hydrogen-bond donors (Lipinski definition) is 1. The van der Waals surface area contributed by atoms with Crippen LogP contribution >= 0.6 is 0 Å². The number of fused-ring (bicyclic) bond motifs is 1. The Kier molecular flexibility index (Phi) is 3.25. The lowest BCUT2D eigenvalue weighted by molar-refractivity contribution is 0.392. The van der Waals surface area contributed by atoms with E-state index in [4.69, 9.17) is 0 Å². The summed E-state index contributed by atoms with van der Waals surface area (Å²) in [6, 6.07) is 2.05. The molecule has 3 aromatic heterocycles. The van der Waals surface area contributed by atoms with Crippen molar-refractivity contribution in [1.82, 2.24) is 29.7 Å². The van der Waals surface area contributed by atoms with Crippen LogP contribution in [0.3, 0.4) is 0 Å². The first-order chi connectivity index (χ1) is 10.8. The van der Waals surface area contributed by atoms with E-state index in [0.29, 0.717) is 5.92 Å². The van der Waals surface area contributed by atoms with Crippen molar-refractivity contribution in [3.8, 4) is 0 Å². The van der Waals surface area contributed by atoms with Crippen LogP contribution in [0.2, 0.25) is 0 Å². The number of aromatic nitrogens is 6. The van der Waals surface area contributed by atoms with E-state index in [1.165, 1.54) is 0 Å². The van der Waals surface area contributed by atoms with Crippen molar-refractivity contribution < 1.29 is 0 Å². The van der Waals surface area contributed by atoms with Crippen molar-refractivity contribution >= 4 is 16.9 Å². The highest BCUT2D eigenvalue weighted by Gasteiger charge is 2.23. The molecule has 114 valence electrons. The molecule has 1 N–H and O–H groups in total. The van der Waals surface area contributed by atoms with Gasteiger partial charge in [-0.1, -0.05) is 0 Å². The molecular weight excluding hydrogens is 278 g/mol. The highest BCUT2D eigenvalue weighted by Crippen LogP contribution is 2.28. The van der Waals surface area contributed by atoms with Crippen molar-refractivity contribution in [2.45, 2.75) is 19.3 Å². The van der Waals surface area contributed by atoms with E-state index in [2.05, 4.69) is 36.1 Å². The normalized spacial score (nSPS) is 16.5. The number of H-pyrrole nitrogens is 1. The molecule has 0 atom stereocenters. The number of rotatable bonds is 3. The summed E-state index contributed by atoms with van der Waals surface area (Å²) in [5.74, 6) is 2.79. The van der Waals surface area contributed by atoms with Crippen molar-refractivity contribution in [1.29, 1.82) is 0 Å². The summed E-state index contributed by atoms with van der Waals surface area (Å²) in [5, 5.41) is 9.26. The molecule has 0 aromatic carbocycles. The Bertz CT molecular complexity index is 767. The minimum absolute atomic E-state index is 0.669. The lowest BCUT2D eigenvalue weighted by Crippen LogP contribution is -2.35. The van der Waals surface area contributed by atoms with Crippen LogP contribution in [-0.2, 0) is 13.5 Å². The van der Waals surface area contributed by atoms with Crippen LogP contribution in [-0.4, -0.2) is 42.8 Å². The fourth-order valence-corrected chi connectivity index (χ4v) is 3.21. The van der Waals surface area contributed by atoms with Gasteiger partial charge in [0, 0.05) is 32.8 Å². The van der Waals surface area contributed by atoms with Gasteiger partial charge >= 0.3 is 0 Å². The van der Waals surface area contributed by atoms with Crippen LogP contribution in [0.1, 0.15) is 18.7 Å². The molecule has 4 heterocycles. The summed E-state index contributed by atoms with van der Waals surface area (Å²) in [7, 11) is 2.01. The van der Waals surface area contributed by atoms with Gasteiger partial charge in [-0.05, 0) is 24.8 Å². The number of aromatic amines is 1. The first-order valence-corrected chi connectivity index (χ1v) is 7.67. The molecule has 0 saturated carbocycles. The lowest BCUT2D eigenvalue weighted by Gasteiger charge is -2.32. The monoisotopic (exact) mass is 297 g/mol. The Morgan fingerprint density at radius 3 is 2.91 bits per heavy atom. The molecule has 0 radical (unpaired) electrons. The maximum Gasteiger partial charge on any atom is 0.142 e. The Balaban J connectivity index is 1.46. The smallest absolute Gasteiger partial charge is 0.142 e. The Morgan fingerprint density at radius 1 is 1.27 bits per heavy atom. The Labute approximate surface area is 128 Å². The van der Waals surface area contributed by atoms with Crippen molar-refractivity contribution in [2.75, 3.05) is 18.0 Å². The molecule has 0 unspecified atom stereocenters. The third kappa shape index (κ3) is 2.32. The highest BCUT2D eigenvalue weighted by molar-refractivity contribution is 5.87. The minimum Gasteiger partial charge on any atom is -0.356 e. The van der Waals surface area contributed by atoms with E-state index < -0.39 is 0 Å². The third-order valence-electron chi connectivity index (χ3n) is 4.52. The molecule has 1 aliphatic rings. The zero-order valence-corrected chi connectivity index (χ0v) is 12.6. The summed E-state index contributed by atoms with van der Waals surface area (Å²) in [4.78, 5) is 14.3. The molecule has 1 aliphatic heterocycles. The second-order valence-electron chi connectivity index (χ2n) is 5.93. The lowest BCUT2D eigenvalue weighted by atomic mass is 9.93. The van der Waals surface area contributed by atoms with Gasteiger partial charge in [-0.3, -0.25) is 0 Å². The fraction of sp³-hybridized carbons (Fsp3) is 0.467. The second-order valence-corrected chi connectivity index (χ2v) is 5.93. The van der Waals surface area contributed by atoms with Gasteiger partial charge in [0.05, 0.1) is 5.39 Å². The van der Waals surface area contributed by atoms with Gasteiger partial charge < -0.3 is 14.5 Å². The molecule has 1 saturated heterocycles. The van der Waals surface area contributed by atoms with Crippen LogP contribution in [0.15, 0.2) is 24.9 Å². The van der Waals surface area contributed by atoms with Gasteiger partial charge in [0.25, 0.3) is 0 Å². The molecule has 0 amide bonds. The number of nitrogens with one attached hydrogen (secondary N) is 1. The van der Waals surface area contributed by atoms with E-state index in [0.717, 1.165) is 55.0 Å². The van der Waals surface area contributed by atoms with Crippen molar-refractivity contribution in [3.05, 3.63) is 30.7 Å². The molecule has 7 nitrogen and oxygen atoms in total. The summed E-state index contributed by atoms with van der Waals surface area (Å²) in [6.45, 7) is 2.06. The standard InChI is InChI=1S/C15H19N7/c1-21-10-19-20-13(21)8-11-3-6-22(7-4-11)15-12-2-5-16-14(12)17-9-18-15/h2,5,9-11H,3-4,6-8H2,1H3,(H,16,17,18). The topological polar surface area (TPSA) is 75.5 Å². The van der Waals surface area contributed by atoms with E-state index in [-0.39, 0.29) is 0 Å². The maximum absolute atomic E-state index is 4.49. The van der Waals surface area contributed by atoms with Gasteiger partial charge in [-0.2, -0.15) is 0 Å². The quantitative estimate of drug-likeness (QED) is 0.793. The third-order valence-corrected chi connectivity index (χ3v) is 4.52. The molecule has 4 rings (SSSR count). The van der Waals surface area contributed by atoms with Crippen molar-refractivity contribution in [3.63, 3.8) is 0 Å². The van der Waals surface area contributed by atoms with E-state index in [1.54, 1.807) is 12.7 Å². The molecule has 0 bridgehead atoms. The summed E-state index contributed by atoms with van der Waals surface area (Å²) < 4.78 is 2.01. The van der Waals surface area contributed by atoms with Crippen LogP contribution < -0.4 is 4.90 Å².